The van der Waals surface area contributed by atoms with Gasteiger partial charge in [-0.25, -0.2) is 0 Å². The Hall–Kier alpha value is -0.590. The molecular formula is C4H6O. The van der Waals surface area contributed by atoms with Crippen LogP contribution in [-0.4, -0.2) is 5.78 Å². The molecule has 0 bridgehead atoms. The molecule has 1 heteroatoms. The maximum absolute atomic E-state index is 10.2. The van der Waals surface area contributed by atoms with Crippen LogP contribution in [0.5, 0.6) is 0 Å². The van der Waals surface area contributed by atoms with Crippen LogP contribution in [0.3, 0.4) is 0 Å². The molecule has 0 aromatic carbocycles. The van der Waals surface area contributed by atoms with E-state index in [4.69, 9.17) is 4.11 Å². The summed E-state index contributed by atoms with van der Waals surface area (Å²) >= 11 is 0. The fourth-order valence-corrected chi connectivity index (χ4v) is 0. The van der Waals surface area contributed by atoms with Crippen LogP contribution in [-0.2, 0) is 4.79 Å². The third-order valence-corrected chi connectivity index (χ3v) is 0.185. The van der Waals surface area contributed by atoms with Crippen molar-refractivity contribution in [2.75, 3.05) is 0 Å². The smallest absolute Gasteiger partial charge is 0.152 e. The summed E-state index contributed by atoms with van der Waals surface area (Å²) in [5.41, 5.74) is 0. The van der Waals surface area contributed by atoms with Gasteiger partial charge in [0.25, 0.3) is 0 Å². The Labute approximate surface area is 35.5 Å². The van der Waals surface area contributed by atoms with Crippen LogP contribution in [0.25, 0.3) is 0 Å². The van der Waals surface area contributed by atoms with E-state index in [9.17, 15) is 4.79 Å². The van der Waals surface area contributed by atoms with Crippen LogP contribution >= 0.6 is 0 Å². The molecule has 0 saturated heterocycles. The van der Waals surface area contributed by atoms with Crippen LogP contribution in [0.2, 0.25) is 0 Å². The summed E-state index contributed by atoms with van der Waals surface area (Å²) in [6.07, 6.45) is 0.799. The van der Waals surface area contributed by atoms with Gasteiger partial charge >= 0.3 is 0 Å². The van der Waals surface area contributed by atoms with Gasteiger partial charge in [0.05, 0.1) is 0 Å². The minimum atomic E-state index is -2.50. The lowest BCUT2D eigenvalue weighted by atomic mass is 10.5. The van der Waals surface area contributed by atoms with Crippen molar-refractivity contribution in [3.8, 4) is 0 Å². The topological polar surface area (TPSA) is 17.1 Å². The number of hydrogen-bond acceptors (Lipinski definition) is 1. The number of rotatable bonds is 1. The predicted molar refractivity (Wildman–Crippen MR) is 20.9 cm³/mol. The molecule has 0 amide bonds. The van der Waals surface area contributed by atoms with Crippen LogP contribution in [0.15, 0.2) is 12.7 Å². The summed E-state index contributed by atoms with van der Waals surface area (Å²) < 4.78 is 19.4. The normalized spacial score (nSPS) is 18.0. The van der Waals surface area contributed by atoms with E-state index in [0.717, 1.165) is 6.08 Å². The van der Waals surface area contributed by atoms with E-state index in [1.54, 1.807) is 0 Å². The Bertz CT molecular complexity index is 113. The number of carbonyl (C=O) groups is 1. The first-order valence-corrected chi connectivity index (χ1v) is 1.15. The second-order valence-electron chi connectivity index (χ2n) is 0.568. The highest BCUT2D eigenvalue weighted by molar-refractivity contribution is 5.86. The minimum absolute atomic E-state index is 0.799. The molecular weight excluding hydrogens is 64.0 g/mol. The average molecular weight is 73.1 g/mol. The minimum Gasteiger partial charge on any atom is -0.295 e. The predicted octanol–water partition coefficient (Wildman–Crippen LogP) is 0.761. The van der Waals surface area contributed by atoms with Crippen LogP contribution in [0.1, 0.15) is 11.0 Å². The Kier molecular flexibility index (Phi) is 0.425. The summed E-state index contributed by atoms with van der Waals surface area (Å²) in [5.74, 6) is -0.905. The number of hydrogen-bond donors (Lipinski definition) is 0. The largest absolute Gasteiger partial charge is 0.295 e. The summed E-state index contributed by atoms with van der Waals surface area (Å²) in [5, 5.41) is 0. The quantitative estimate of drug-likeness (QED) is 0.419. The van der Waals surface area contributed by atoms with Gasteiger partial charge in [0, 0.05) is 4.11 Å². The zero-order chi connectivity index (χ0) is 6.78. The first-order valence-electron chi connectivity index (χ1n) is 2.65. The number of allylic oxidation sites excluding steroid dienone is 1. The molecule has 5 heavy (non-hydrogen) atoms. The van der Waals surface area contributed by atoms with Gasteiger partial charge in [-0.1, -0.05) is 6.58 Å². The first-order chi connectivity index (χ1) is 3.48. The van der Waals surface area contributed by atoms with Crippen LogP contribution in [0, 0.1) is 0 Å². The van der Waals surface area contributed by atoms with E-state index in [1.807, 2.05) is 0 Å². The second-order valence-corrected chi connectivity index (χ2v) is 0.568. The molecule has 0 aromatic rings. The maximum atomic E-state index is 10.2. The molecule has 0 aliphatic carbocycles. The van der Waals surface area contributed by atoms with Gasteiger partial charge < -0.3 is 0 Å². The van der Waals surface area contributed by atoms with Crippen molar-refractivity contribution in [3.05, 3.63) is 12.7 Å². The fraction of sp³-hybridized carbons (Fsp3) is 0.250. The van der Waals surface area contributed by atoms with Crippen LogP contribution < -0.4 is 0 Å². The van der Waals surface area contributed by atoms with E-state index >= 15 is 0 Å². The molecule has 28 valence electrons. The Balaban J connectivity index is 4.02. The zero-order valence-corrected chi connectivity index (χ0v) is 2.69. The van der Waals surface area contributed by atoms with Crippen molar-refractivity contribution in [3.63, 3.8) is 0 Å². The molecule has 0 aliphatic rings. The molecule has 0 aromatic heterocycles. The molecule has 1 nitrogen and oxygen atoms in total. The van der Waals surface area contributed by atoms with Gasteiger partial charge in [0.2, 0.25) is 0 Å². The van der Waals surface area contributed by atoms with Gasteiger partial charge in [-0.15, -0.1) is 0 Å². The van der Waals surface area contributed by atoms with Gasteiger partial charge in [0.15, 0.2) is 5.78 Å². The molecule has 0 atom stereocenters. The molecule has 0 aliphatic heterocycles. The SMILES string of the molecule is [2H]C([2H])([2H])C(=O)C=C. The molecule has 0 rings (SSSR count). The first kappa shape index (κ1) is 1.25. The van der Waals surface area contributed by atoms with E-state index in [0.29, 0.717) is 0 Å². The van der Waals surface area contributed by atoms with Crippen molar-refractivity contribution in [2.24, 2.45) is 0 Å². The molecule has 0 saturated carbocycles. The molecule has 0 radical (unpaired) electrons. The van der Waals surface area contributed by atoms with Gasteiger partial charge in [-0.05, 0) is 12.9 Å². The average Bonchev–Trinajstić information content (AvgIpc) is 1.62. The summed E-state index contributed by atoms with van der Waals surface area (Å²) in [6, 6.07) is 0. The molecule has 0 spiro atoms. The standard InChI is InChI=1S/C4H6O/c1-3-4(2)5/h3H,1H2,2H3/i2D3. The van der Waals surface area contributed by atoms with Crippen molar-refractivity contribution < 1.29 is 8.91 Å². The fourth-order valence-electron chi connectivity index (χ4n) is 0. The Morgan fingerprint density at radius 1 is 2.40 bits per heavy atom. The van der Waals surface area contributed by atoms with Crippen molar-refractivity contribution in [1.82, 2.24) is 0 Å². The third kappa shape index (κ3) is 3.41. The van der Waals surface area contributed by atoms with E-state index in [-0.39, 0.29) is 0 Å². The van der Waals surface area contributed by atoms with Crippen molar-refractivity contribution in [2.45, 2.75) is 6.85 Å². The van der Waals surface area contributed by atoms with Crippen molar-refractivity contribution >= 4 is 5.78 Å². The van der Waals surface area contributed by atoms with Gasteiger partial charge in [-0.3, -0.25) is 4.79 Å². The Morgan fingerprint density at radius 2 is 3.00 bits per heavy atom. The molecule has 0 fully saturated rings. The van der Waals surface area contributed by atoms with E-state index < -0.39 is 12.6 Å². The van der Waals surface area contributed by atoms with E-state index in [1.165, 1.54) is 0 Å². The summed E-state index contributed by atoms with van der Waals surface area (Å²) in [4.78, 5) is 10.2. The van der Waals surface area contributed by atoms with Gasteiger partial charge in [0.1, 0.15) is 0 Å². The number of ketones is 1. The van der Waals surface area contributed by atoms with Gasteiger partial charge in [-0.2, -0.15) is 0 Å². The highest BCUT2D eigenvalue weighted by atomic mass is 16.1. The summed E-state index contributed by atoms with van der Waals surface area (Å²) in [7, 11) is 0. The lowest BCUT2D eigenvalue weighted by molar-refractivity contribution is -0.112. The number of carbonyl (C=O) groups excluding carboxylic acids is 1. The second kappa shape index (κ2) is 1.70. The lowest BCUT2D eigenvalue weighted by Crippen LogP contribution is -1.74. The highest BCUT2D eigenvalue weighted by Crippen LogP contribution is 1.60. The third-order valence-electron chi connectivity index (χ3n) is 0.185. The lowest BCUT2D eigenvalue weighted by Gasteiger charge is -1.62. The summed E-state index contributed by atoms with van der Waals surface area (Å²) in [6.45, 7) is 0.519. The van der Waals surface area contributed by atoms with Crippen molar-refractivity contribution in [1.29, 1.82) is 0 Å². The molecule has 0 unspecified atom stereocenters. The Morgan fingerprint density at radius 3 is 3.00 bits per heavy atom. The van der Waals surface area contributed by atoms with Crippen LogP contribution in [0.4, 0.5) is 0 Å². The monoisotopic (exact) mass is 73.1 g/mol. The van der Waals surface area contributed by atoms with E-state index in [2.05, 4.69) is 6.58 Å². The molecule has 0 heterocycles. The molecule has 0 N–H and O–H groups in total. The highest BCUT2D eigenvalue weighted by Gasteiger charge is 1.69. The zero-order valence-electron chi connectivity index (χ0n) is 5.69. The maximum Gasteiger partial charge on any atom is 0.152 e.